The van der Waals surface area contributed by atoms with Crippen LogP contribution in [0.25, 0.3) is 10.2 Å². The molecule has 0 aliphatic rings. The molecule has 1 atom stereocenters. The van der Waals surface area contributed by atoms with Gasteiger partial charge in [0.25, 0.3) is 0 Å². The predicted octanol–water partition coefficient (Wildman–Crippen LogP) is 3.85. The van der Waals surface area contributed by atoms with Gasteiger partial charge in [0.15, 0.2) is 0 Å². The summed E-state index contributed by atoms with van der Waals surface area (Å²) in [6.07, 6.45) is 0.0990. The molecule has 3 aromatic rings. The zero-order chi connectivity index (χ0) is 14.8. The average molecular weight is 301 g/mol. The zero-order valence-electron chi connectivity index (χ0n) is 11.0. The van der Waals surface area contributed by atoms with Crippen molar-refractivity contribution < 1.29 is 14.3 Å². The number of para-hydroxylation sites is 1. The molecule has 5 heteroatoms. The summed E-state index contributed by atoms with van der Waals surface area (Å²) < 4.78 is 14.7. The van der Waals surface area contributed by atoms with E-state index in [1.807, 2.05) is 24.3 Å². The number of aromatic nitrogens is 1. The summed E-state index contributed by atoms with van der Waals surface area (Å²) in [6.45, 7) is 0. The van der Waals surface area contributed by atoms with Crippen LogP contribution in [0.15, 0.2) is 48.5 Å². The van der Waals surface area contributed by atoms with Crippen LogP contribution in [0.2, 0.25) is 0 Å². The van der Waals surface area contributed by atoms with Crippen LogP contribution < -0.4 is 0 Å². The van der Waals surface area contributed by atoms with E-state index in [4.69, 9.17) is 0 Å². The Labute approximate surface area is 124 Å². The molecule has 0 bridgehead atoms. The lowest BCUT2D eigenvalue weighted by Crippen LogP contribution is -2.15. The van der Waals surface area contributed by atoms with Crippen molar-refractivity contribution >= 4 is 27.5 Å². The van der Waals surface area contributed by atoms with E-state index in [9.17, 15) is 14.3 Å². The first-order valence-electron chi connectivity index (χ1n) is 6.47. The molecule has 106 valence electrons. The second-order valence-corrected chi connectivity index (χ2v) is 5.77. The highest BCUT2D eigenvalue weighted by atomic mass is 32.1. The lowest BCUT2D eigenvalue weighted by Gasteiger charge is -2.10. The number of rotatable bonds is 4. The molecule has 0 aliphatic carbocycles. The number of carboxylic acids is 1. The normalized spacial score (nSPS) is 12.4. The van der Waals surface area contributed by atoms with Crippen molar-refractivity contribution in [3.05, 3.63) is 64.9 Å². The van der Waals surface area contributed by atoms with Crippen molar-refractivity contribution in [3.8, 4) is 0 Å². The third-order valence-corrected chi connectivity index (χ3v) is 4.44. The first kappa shape index (κ1) is 13.7. The summed E-state index contributed by atoms with van der Waals surface area (Å²) >= 11 is 1.34. The largest absolute Gasteiger partial charge is 0.481 e. The van der Waals surface area contributed by atoms with Gasteiger partial charge in [0.05, 0.1) is 10.2 Å². The molecule has 1 unspecified atom stereocenters. The molecular formula is C16H12FNO2S. The molecule has 0 fully saturated rings. The standard InChI is InChI=1S/C16H12FNO2S/c17-12-6-2-1-5-10(12)9-11(16(19)20)15-18-13-7-3-4-8-14(13)21-15/h1-8,11H,9H2,(H,19,20). The summed E-state index contributed by atoms with van der Waals surface area (Å²) in [6, 6.07) is 13.7. The average Bonchev–Trinajstić information content (AvgIpc) is 2.89. The highest BCUT2D eigenvalue weighted by molar-refractivity contribution is 7.18. The molecule has 1 N–H and O–H groups in total. The maximum Gasteiger partial charge on any atom is 0.313 e. The number of carbonyl (C=O) groups is 1. The number of fused-ring (bicyclic) bond motifs is 1. The summed E-state index contributed by atoms with van der Waals surface area (Å²) in [7, 11) is 0. The zero-order valence-corrected chi connectivity index (χ0v) is 11.8. The van der Waals surface area contributed by atoms with E-state index >= 15 is 0 Å². The fraction of sp³-hybridized carbons (Fsp3) is 0.125. The summed E-state index contributed by atoms with van der Waals surface area (Å²) in [5, 5.41) is 9.95. The lowest BCUT2D eigenvalue weighted by molar-refractivity contribution is -0.138. The van der Waals surface area contributed by atoms with Gasteiger partial charge in [-0.1, -0.05) is 30.3 Å². The number of nitrogens with zero attached hydrogens (tertiary/aromatic N) is 1. The molecule has 0 aliphatic heterocycles. The van der Waals surface area contributed by atoms with E-state index in [0.717, 1.165) is 10.2 Å². The molecule has 0 saturated heterocycles. The Kier molecular flexibility index (Phi) is 3.66. The van der Waals surface area contributed by atoms with Crippen LogP contribution in [0.5, 0.6) is 0 Å². The monoisotopic (exact) mass is 301 g/mol. The highest BCUT2D eigenvalue weighted by Gasteiger charge is 2.25. The first-order valence-corrected chi connectivity index (χ1v) is 7.28. The van der Waals surface area contributed by atoms with Crippen molar-refractivity contribution in [2.75, 3.05) is 0 Å². The smallest absolute Gasteiger partial charge is 0.313 e. The minimum atomic E-state index is -0.989. The third-order valence-electron chi connectivity index (χ3n) is 3.29. The molecule has 2 aromatic carbocycles. The van der Waals surface area contributed by atoms with Crippen molar-refractivity contribution in [1.29, 1.82) is 0 Å². The Morgan fingerprint density at radius 3 is 2.62 bits per heavy atom. The number of carboxylic acid groups (broad SMARTS) is 1. The number of aliphatic carboxylic acids is 1. The van der Waals surface area contributed by atoms with Gasteiger partial charge in [0, 0.05) is 0 Å². The minimum Gasteiger partial charge on any atom is -0.481 e. The van der Waals surface area contributed by atoms with Gasteiger partial charge in [-0.15, -0.1) is 11.3 Å². The predicted molar refractivity (Wildman–Crippen MR) is 80.1 cm³/mol. The first-order chi connectivity index (χ1) is 10.1. The van der Waals surface area contributed by atoms with Gasteiger partial charge in [-0.2, -0.15) is 0 Å². The Morgan fingerprint density at radius 1 is 1.19 bits per heavy atom. The summed E-state index contributed by atoms with van der Waals surface area (Å²) in [5.74, 6) is -2.21. The van der Waals surface area contributed by atoms with E-state index in [1.54, 1.807) is 18.2 Å². The van der Waals surface area contributed by atoms with Crippen LogP contribution in [0.3, 0.4) is 0 Å². The molecule has 0 radical (unpaired) electrons. The summed E-state index contributed by atoms with van der Waals surface area (Å²) in [4.78, 5) is 15.9. The van der Waals surface area contributed by atoms with Crippen LogP contribution in [-0.4, -0.2) is 16.1 Å². The molecule has 1 heterocycles. The fourth-order valence-electron chi connectivity index (χ4n) is 2.20. The molecule has 3 rings (SSSR count). The number of hydrogen-bond donors (Lipinski definition) is 1. The van der Waals surface area contributed by atoms with Crippen LogP contribution in [-0.2, 0) is 11.2 Å². The molecule has 3 nitrogen and oxygen atoms in total. The maximum atomic E-state index is 13.7. The third kappa shape index (κ3) is 2.78. The fourth-order valence-corrected chi connectivity index (χ4v) is 3.26. The summed E-state index contributed by atoms with van der Waals surface area (Å²) in [5.41, 5.74) is 1.17. The Morgan fingerprint density at radius 2 is 1.90 bits per heavy atom. The van der Waals surface area contributed by atoms with Crippen LogP contribution in [0.4, 0.5) is 4.39 Å². The molecule has 0 spiro atoms. The molecule has 0 saturated carbocycles. The van der Waals surface area contributed by atoms with Crippen LogP contribution >= 0.6 is 11.3 Å². The number of hydrogen-bond acceptors (Lipinski definition) is 3. The van der Waals surface area contributed by atoms with Gasteiger partial charge >= 0.3 is 5.97 Å². The molecular weight excluding hydrogens is 289 g/mol. The maximum absolute atomic E-state index is 13.7. The molecule has 21 heavy (non-hydrogen) atoms. The lowest BCUT2D eigenvalue weighted by atomic mass is 9.99. The Bertz CT molecular complexity index is 767. The van der Waals surface area contributed by atoms with Gasteiger partial charge in [-0.25, -0.2) is 9.37 Å². The molecule has 1 aromatic heterocycles. The SMILES string of the molecule is O=C(O)C(Cc1ccccc1F)c1nc2ccccc2s1. The van der Waals surface area contributed by atoms with Crippen molar-refractivity contribution in [2.45, 2.75) is 12.3 Å². The van der Waals surface area contributed by atoms with Gasteiger partial charge in [0.2, 0.25) is 0 Å². The van der Waals surface area contributed by atoms with Crippen molar-refractivity contribution in [2.24, 2.45) is 0 Å². The second kappa shape index (κ2) is 5.61. The quantitative estimate of drug-likeness (QED) is 0.796. The van der Waals surface area contributed by atoms with E-state index in [1.165, 1.54) is 17.4 Å². The van der Waals surface area contributed by atoms with E-state index in [0.29, 0.717) is 10.6 Å². The number of halogens is 1. The van der Waals surface area contributed by atoms with E-state index < -0.39 is 11.9 Å². The van der Waals surface area contributed by atoms with Crippen molar-refractivity contribution in [3.63, 3.8) is 0 Å². The number of thiazole rings is 1. The van der Waals surface area contributed by atoms with E-state index in [-0.39, 0.29) is 12.2 Å². The van der Waals surface area contributed by atoms with Gasteiger partial charge in [-0.05, 0) is 30.2 Å². The van der Waals surface area contributed by atoms with Gasteiger partial charge in [-0.3, -0.25) is 4.79 Å². The highest BCUT2D eigenvalue weighted by Crippen LogP contribution is 2.30. The number of benzene rings is 2. The minimum absolute atomic E-state index is 0.0990. The van der Waals surface area contributed by atoms with E-state index in [2.05, 4.69) is 4.98 Å². The van der Waals surface area contributed by atoms with Gasteiger partial charge < -0.3 is 5.11 Å². The van der Waals surface area contributed by atoms with Crippen molar-refractivity contribution in [1.82, 2.24) is 4.98 Å². The van der Waals surface area contributed by atoms with Crippen LogP contribution in [0.1, 0.15) is 16.5 Å². The topological polar surface area (TPSA) is 50.2 Å². The Hall–Kier alpha value is -2.27. The Balaban J connectivity index is 1.98. The van der Waals surface area contributed by atoms with Crippen LogP contribution in [0, 0.1) is 5.82 Å². The molecule has 0 amide bonds. The van der Waals surface area contributed by atoms with Gasteiger partial charge in [0.1, 0.15) is 16.7 Å². The second-order valence-electron chi connectivity index (χ2n) is 4.71.